The van der Waals surface area contributed by atoms with Gasteiger partial charge in [-0.05, 0) is 82.6 Å². The number of hydrogen-bond acceptors (Lipinski definition) is 0. The Morgan fingerprint density at radius 3 is 2.45 bits per heavy atom. The van der Waals surface area contributed by atoms with Gasteiger partial charge in [0.2, 0.25) is 0 Å². The van der Waals surface area contributed by atoms with E-state index in [0.717, 1.165) is 12.8 Å². The van der Waals surface area contributed by atoms with Crippen molar-refractivity contribution in [3.8, 4) is 0 Å². The van der Waals surface area contributed by atoms with Crippen LogP contribution in [-0.4, -0.2) is 0 Å². The van der Waals surface area contributed by atoms with Crippen LogP contribution in [0.25, 0.3) is 5.57 Å². The minimum absolute atomic E-state index is 0.412. The van der Waals surface area contributed by atoms with Crippen molar-refractivity contribution in [1.82, 2.24) is 0 Å². The highest BCUT2D eigenvalue weighted by Crippen LogP contribution is 2.42. The van der Waals surface area contributed by atoms with Gasteiger partial charge in [0.05, 0.1) is 0 Å². The lowest BCUT2D eigenvalue weighted by Crippen LogP contribution is -2.10. The van der Waals surface area contributed by atoms with Gasteiger partial charge in [0.25, 0.3) is 0 Å². The average molecular weight is 379 g/mol. The quantitative estimate of drug-likeness (QED) is 0.523. The molecule has 0 heteroatoms. The van der Waals surface area contributed by atoms with Crippen molar-refractivity contribution in [3.05, 3.63) is 112 Å². The van der Waals surface area contributed by atoms with Crippen LogP contribution in [0.15, 0.2) is 84.0 Å². The SMILES string of the molecule is CC(C)Cc1ccc(CC2=CC=C(c3ccc4c(c3)CCC4)C3C=CC=C23)cc1. The van der Waals surface area contributed by atoms with Gasteiger partial charge in [0.1, 0.15) is 0 Å². The van der Waals surface area contributed by atoms with Crippen molar-refractivity contribution in [2.75, 3.05) is 0 Å². The molecule has 0 aliphatic heterocycles. The van der Waals surface area contributed by atoms with E-state index in [2.05, 4.69) is 86.7 Å². The number of aryl methyl sites for hydroxylation is 2. The summed E-state index contributed by atoms with van der Waals surface area (Å²) in [6.07, 6.45) is 17.6. The molecule has 0 amide bonds. The van der Waals surface area contributed by atoms with E-state index in [1.54, 1.807) is 11.1 Å². The van der Waals surface area contributed by atoms with Crippen molar-refractivity contribution in [2.24, 2.45) is 11.8 Å². The molecule has 0 saturated carbocycles. The van der Waals surface area contributed by atoms with E-state index in [0.29, 0.717) is 11.8 Å². The molecule has 3 aliphatic carbocycles. The summed E-state index contributed by atoms with van der Waals surface area (Å²) in [6, 6.07) is 16.4. The summed E-state index contributed by atoms with van der Waals surface area (Å²) in [7, 11) is 0. The Labute approximate surface area is 175 Å². The first-order chi connectivity index (χ1) is 14.2. The van der Waals surface area contributed by atoms with Crippen LogP contribution in [0.2, 0.25) is 0 Å². The molecule has 0 radical (unpaired) electrons. The highest BCUT2D eigenvalue weighted by Gasteiger charge is 2.26. The molecule has 2 aromatic rings. The zero-order valence-corrected chi connectivity index (χ0v) is 17.6. The summed E-state index contributed by atoms with van der Waals surface area (Å²) in [5.41, 5.74) is 11.8. The summed E-state index contributed by atoms with van der Waals surface area (Å²) < 4.78 is 0. The Morgan fingerprint density at radius 1 is 0.828 bits per heavy atom. The molecule has 1 unspecified atom stereocenters. The minimum atomic E-state index is 0.412. The first kappa shape index (κ1) is 18.4. The summed E-state index contributed by atoms with van der Waals surface area (Å²) in [4.78, 5) is 0. The van der Waals surface area contributed by atoms with Crippen LogP contribution < -0.4 is 0 Å². The maximum absolute atomic E-state index is 2.45. The number of rotatable bonds is 5. The molecule has 0 saturated heterocycles. The van der Waals surface area contributed by atoms with E-state index in [-0.39, 0.29) is 0 Å². The normalized spacial score (nSPS) is 19.7. The van der Waals surface area contributed by atoms with Crippen molar-refractivity contribution in [1.29, 1.82) is 0 Å². The van der Waals surface area contributed by atoms with Crippen LogP contribution in [0.3, 0.4) is 0 Å². The van der Waals surface area contributed by atoms with Crippen LogP contribution in [0.1, 0.15) is 48.1 Å². The van der Waals surface area contributed by atoms with E-state index < -0.39 is 0 Å². The second-order valence-electron chi connectivity index (χ2n) is 9.23. The van der Waals surface area contributed by atoms with Crippen LogP contribution >= 0.6 is 0 Å². The topological polar surface area (TPSA) is 0 Å². The largest absolute Gasteiger partial charge is 0.0726 e. The molecule has 0 N–H and O–H groups in total. The van der Waals surface area contributed by atoms with Crippen LogP contribution in [0, 0.1) is 11.8 Å². The van der Waals surface area contributed by atoms with E-state index >= 15 is 0 Å². The number of hydrogen-bond donors (Lipinski definition) is 0. The lowest BCUT2D eigenvalue weighted by molar-refractivity contribution is 0.647. The maximum Gasteiger partial charge on any atom is 0.0281 e. The zero-order chi connectivity index (χ0) is 19.8. The first-order valence-corrected chi connectivity index (χ1v) is 11.2. The predicted molar refractivity (Wildman–Crippen MR) is 124 cm³/mol. The number of benzene rings is 2. The molecule has 0 bridgehead atoms. The van der Waals surface area contributed by atoms with Gasteiger partial charge >= 0.3 is 0 Å². The fraction of sp³-hybridized carbons (Fsp3) is 0.310. The molecule has 3 aliphatic rings. The van der Waals surface area contributed by atoms with Crippen LogP contribution in [0.5, 0.6) is 0 Å². The molecule has 0 aromatic heterocycles. The van der Waals surface area contributed by atoms with Crippen molar-refractivity contribution < 1.29 is 0 Å². The molecule has 0 fully saturated rings. The van der Waals surface area contributed by atoms with Gasteiger partial charge in [-0.15, -0.1) is 0 Å². The Morgan fingerprint density at radius 2 is 1.62 bits per heavy atom. The second kappa shape index (κ2) is 7.67. The Kier molecular flexibility index (Phi) is 4.87. The molecule has 29 heavy (non-hydrogen) atoms. The standard InChI is InChI=1S/C29H30/c1-20(2)17-21-9-11-22(12-10-21)18-25-15-16-28(29-8-4-7-27(25)29)26-14-13-23-5-3-6-24(23)19-26/h4,7-16,19-20,29H,3,5-6,17-18H2,1-2H3. The second-order valence-corrected chi connectivity index (χ2v) is 9.23. The van der Waals surface area contributed by atoms with Crippen LogP contribution in [-0.2, 0) is 25.7 Å². The highest BCUT2D eigenvalue weighted by atomic mass is 14.3. The lowest BCUT2D eigenvalue weighted by atomic mass is 9.79. The van der Waals surface area contributed by atoms with Gasteiger partial charge in [-0.25, -0.2) is 0 Å². The van der Waals surface area contributed by atoms with Gasteiger partial charge in [0.15, 0.2) is 0 Å². The fourth-order valence-electron chi connectivity index (χ4n) is 5.12. The smallest absolute Gasteiger partial charge is 0.0281 e. The maximum atomic E-state index is 2.45. The van der Waals surface area contributed by atoms with Gasteiger partial charge < -0.3 is 0 Å². The predicted octanol–water partition coefficient (Wildman–Crippen LogP) is 7.05. The summed E-state index contributed by atoms with van der Waals surface area (Å²) in [5, 5.41) is 0. The first-order valence-electron chi connectivity index (χ1n) is 11.2. The van der Waals surface area contributed by atoms with E-state index in [9.17, 15) is 0 Å². The zero-order valence-electron chi connectivity index (χ0n) is 17.6. The van der Waals surface area contributed by atoms with Gasteiger partial charge in [-0.3, -0.25) is 0 Å². The third-order valence-electron chi connectivity index (χ3n) is 6.58. The molecular weight excluding hydrogens is 348 g/mol. The fourth-order valence-corrected chi connectivity index (χ4v) is 5.12. The van der Waals surface area contributed by atoms with Gasteiger partial charge in [-0.1, -0.05) is 86.7 Å². The summed E-state index contributed by atoms with van der Waals surface area (Å²) in [5.74, 6) is 1.12. The van der Waals surface area contributed by atoms with Crippen molar-refractivity contribution in [3.63, 3.8) is 0 Å². The summed E-state index contributed by atoms with van der Waals surface area (Å²) in [6.45, 7) is 4.57. The monoisotopic (exact) mass is 378 g/mol. The van der Waals surface area contributed by atoms with Crippen molar-refractivity contribution >= 4 is 5.57 Å². The molecule has 146 valence electrons. The third-order valence-corrected chi connectivity index (χ3v) is 6.58. The molecule has 0 nitrogen and oxygen atoms in total. The third kappa shape index (κ3) is 3.69. The van der Waals surface area contributed by atoms with Gasteiger partial charge in [-0.2, -0.15) is 0 Å². The molecule has 5 rings (SSSR count). The number of fused-ring (bicyclic) bond motifs is 2. The minimum Gasteiger partial charge on any atom is -0.0726 e. The molecule has 0 heterocycles. The van der Waals surface area contributed by atoms with E-state index in [1.807, 2.05) is 0 Å². The average Bonchev–Trinajstić information content (AvgIpc) is 3.38. The highest BCUT2D eigenvalue weighted by molar-refractivity contribution is 5.79. The molecule has 0 spiro atoms. The molecular formula is C29H30. The Hall–Kier alpha value is -2.60. The van der Waals surface area contributed by atoms with Crippen molar-refractivity contribution in [2.45, 2.75) is 46.0 Å². The number of allylic oxidation sites excluding steroid dienone is 8. The Bertz CT molecular complexity index is 1040. The Balaban J connectivity index is 1.40. The van der Waals surface area contributed by atoms with E-state index in [1.165, 1.54) is 52.7 Å². The summed E-state index contributed by atoms with van der Waals surface area (Å²) >= 11 is 0. The molecule has 1 atom stereocenters. The lowest BCUT2D eigenvalue weighted by Gasteiger charge is -2.25. The molecule has 2 aromatic carbocycles. The van der Waals surface area contributed by atoms with Crippen LogP contribution in [0.4, 0.5) is 0 Å². The van der Waals surface area contributed by atoms with Gasteiger partial charge in [0, 0.05) is 5.92 Å². The van der Waals surface area contributed by atoms with E-state index in [4.69, 9.17) is 0 Å².